The molecule has 0 aliphatic rings. The van der Waals surface area contributed by atoms with E-state index in [1.165, 1.54) is 18.8 Å². The zero-order valence-corrected chi connectivity index (χ0v) is 18.1. The van der Waals surface area contributed by atoms with E-state index in [0.29, 0.717) is 38.7 Å². The van der Waals surface area contributed by atoms with Gasteiger partial charge in [-0.2, -0.15) is 0 Å². The summed E-state index contributed by atoms with van der Waals surface area (Å²) in [4.78, 5) is 12.8. The van der Waals surface area contributed by atoms with Crippen LogP contribution in [0.4, 0.5) is 0 Å². The number of hydrogen-bond acceptors (Lipinski definition) is 4. The predicted octanol–water partition coefficient (Wildman–Crippen LogP) is 6.67. The first-order valence-electron chi connectivity index (χ1n) is 9.86. The lowest BCUT2D eigenvalue weighted by Gasteiger charge is -2.12. The van der Waals surface area contributed by atoms with Crippen molar-refractivity contribution >= 4 is 29.0 Å². The zero-order chi connectivity index (χ0) is 21.8. The highest BCUT2D eigenvalue weighted by Crippen LogP contribution is 2.28. The summed E-state index contributed by atoms with van der Waals surface area (Å²) in [5.74, 6) is -0.109. The fourth-order valence-corrected chi connectivity index (χ4v) is 4.00. The van der Waals surface area contributed by atoms with Gasteiger partial charge in [0, 0.05) is 26.7 Å². The Kier molecular flexibility index (Phi) is 6.62. The van der Waals surface area contributed by atoms with E-state index in [9.17, 15) is 9.90 Å². The van der Waals surface area contributed by atoms with Crippen molar-refractivity contribution in [3.05, 3.63) is 117 Å². The molecule has 4 nitrogen and oxygen atoms in total. The lowest BCUT2D eigenvalue weighted by molar-refractivity contribution is 0.103. The van der Waals surface area contributed by atoms with Gasteiger partial charge >= 0.3 is 0 Å². The number of aliphatic hydroxyl groups excluding tert-OH is 1. The zero-order valence-electron chi connectivity index (χ0n) is 16.6. The highest BCUT2D eigenvalue weighted by Gasteiger charge is 2.17. The average Bonchev–Trinajstić information content (AvgIpc) is 3.46. The molecule has 2 aromatic heterocycles. The van der Waals surface area contributed by atoms with Crippen molar-refractivity contribution in [2.24, 2.45) is 0 Å². The molecule has 1 N–H and O–H groups in total. The molecular formula is C25H20Cl2O4. The van der Waals surface area contributed by atoms with Crippen molar-refractivity contribution in [1.82, 2.24) is 0 Å². The third-order valence-electron chi connectivity index (χ3n) is 5.22. The molecule has 31 heavy (non-hydrogen) atoms. The second-order valence-corrected chi connectivity index (χ2v) is 8.16. The van der Waals surface area contributed by atoms with Gasteiger partial charge in [-0.25, -0.2) is 0 Å². The van der Waals surface area contributed by atoms with Crippen LogP contribution < -0.4 is 0 Å². The lowest BCUT2D eigenvalue weighted by Crippen LogP contribution is -2.04. The number of carbonyl (C=O) groups is 1. The van der Waals surface area contributed by atoms with E-state index in [0.717, 1.165) is 24.0 Å². The van der Waals surface area contributed by atoms with Crippen LogP contribution in [0.15, 0.2) is 82.4 Å². The van der Waals surface area contributed by atoms with Crippen molar-refractivity contribution in [3.63, 3.8) is 0 Å². The predicted molar refractivity (Wildman–Crippen MR) is 120 cm³/mol. The molecule has 2 heterocycles. The van der Waals surface area contributed by atoms with Crippen LogP contribution in [-0.2, 0) is 12.8 Å². The van der Waals surface area contributed by atoms with Gasteiger partial charge in [0.25, 0.3) is 0 Å². The van der Waals surface area contributed by atoms with E-state index >= 15 is 0 Å². The maximum absolute atomic E-state index is 12.8. The number of ketones is 1. The first-order valence-corrected chi connectivity index (χ1v) is 10.6. The molecule has 0 radical (unpaired) electrons. The van der Waals surface area contributed by atoms with Crippen molar-refractivity contribution < 1.29 is 18.7 Å². The molecule has 0 amide bonds. The molecule has 0 aliphatic carbocycles. The third-order valence-corrected chi connectivity index (χ3v) is 5.80. The van der Waals surface area contributed by atoms with Crippen LogP contribution in [0, 0.1) is 0 Å². The van der Waals surface area contributed by atoms with Crippen molar-refractivity contribution in [2.45, 2.75) is 25.4 Å². The molecular weight excluding hydrogens is 435 g/mol. The largest absolute Gasteiger partial charge is 0.472 e. The molecule has 4 aromatic rings. The first kappa shape index (κ1) is 21.4. The summed E-state index contributed by atoms with van der Waals surface area (Å²) in [6, 6.07) is 14.2. The number of benzene rings is 2. The molecule has 1 atom stereocenters. The second kappa shape index (κ2) is 9.56. The van der Waals surface area contributed by atoms with Gasteiger partial charge in [-0.1, -0.05) is 47.5 Å². The summed E-state index contributed by atoms with van der Waals surface area (Å²) in [5.41, 5.74) is 4.31. The van der Waals surface area contributed by atoms with Gasteiger partial charge in [0.05, 0.1) is 24.4 Å². The summed E-state index contributed by atoms with van der Waals surface area (Å²) < 4.78 is 10.3. The fourth-order valence-electron chi connectivity index (χ4n) is 3.53. The summed E-state index contributed by atoms with van der Waals surface area (Å²) in [5, 5.41) is 11.5. The topological polar surface area (TPSA) is 63.6 Å². The van der Waals surface area contributed by atoms with Crippen LogP contribution in [0.2, 0.25) is 10.0 Å². The van der Waals surface area contributed by atoms with Gasteiger partial charge < -0.3 is 13.9 Å². The van der Waals surface area contributed by atoms with Gasteiger partial charge in [0.2, 0.25) is 0 Å². The maximum atomic E-state index is 12.8. The number of furan rings is 2. The Morgan fingerprint density at radius 2 is 1.74 bits per heavy atom. The average molecular weight is 455 g/mol. The van der Waals surface area contributed by atoms with Crippen LogP contribution >= 0.6 is 23.2 Å². The standard InChI is InChI=1S/C25H20Cl2O4/c26-21-6-2-4-17(11-21)25(29)22-15-31-13-19(22)5-1-3-16-7-8-18(12-23(16)27)24(28)20-9-10-30-14-20/h2,4,6-15,24,28H,1,3,5H2. The Morgan fingerprint density at radius 3 is 2.48 bits per heavy atom. The number of halogens is 2. The van der Waals surface area contributed by atoms with Crippen molar-refractivity contribution in [2.75, 3.05) is 0 Å². The molecule has 2 aromatic carbocycles. The highest BCUT2D eigenvalue weighted by atomic mass is 35.5. The number of rotatable bonds is 8. The molecule has 0 saturated heterocycles. The van der Waals surface area contributed by atoms with Gasteiger partial charge in [-0.05, 0) is 54.7 Å². The minimum Gasteiger partial charge on any atom is -0.472 e. The Labute approximate surface area is 190 Å². The molecule has 0 bridgehead atoms. The normalized spacial score (nSPS) is 12.1. The Bertz CT molecular complexity index is 1180. The van der Waals surface area contributed by atoms with Crippen LogP contribution in [-0.4, -0.2) is 10.9 Å². The molecule has 0 spiro atoms. The number of carbonyl (C=O) groups excluding carboxylic acids is 1. The molecule has 0 aliphatic heterocycles. The third kappa shape index (κ3) is 4.93. The number of aliphatic hydroxyl groups is 1. The second-order valence-electron chi connectivity index (χ2n) is 7.31. The molecule has 6 heteroatoms. The molecule has 1 unspecified atom stereocenters. The minimum absolute atomic E-state index is 0.109. The van der Waals surface area contributed by atoms with Crippen LogP contribution in [0.25, 0.3) is 0 Å². The summed E-state index contributed by atoms with van der Waals surface area (Å²) in [6.07, 6.45) is 7.55. The number of aryl methyl sites for hydroxylation is 2. The highest BCUT2D eigenvalue weighted by molar-refractivity contribution is 6.31. The van der Waals surface area contributed by atoms with Gasteiger partial charge in [-0.15, -0.1) is 0 Å². The van der Waals surface area contributed by atoms with E-state index in [2.05, 4.69) is 0 Å². The molecule has 0 saturated carbocycles. The maximum Gasteiger partial charge on any atom is 0.196 e. The van der Waals surface area contributed by atoms with E-state index in [1.54, 1.807) is 42.7 Å². The summed E-state index contributed by atoms with van der Waals surface area (Å²) >= 11 is 12.5. The van der Waals surface area contributed by atoms with E-state index in [4.69, 9.17) is 32.0 Å². The molecule has 0 fully saturated rings. The Morgan fingerprint density at radius 1 is 0.903 bits per heavy atom. The van der Waals surface area contributed by atoms with Crippen LogP contribution in [0.3, 0.4) is 0 Å². The van der Waals surface area contributed by atoms with Gasteiger partial charge in [-0.3, -0.25) is 4.79 Å². The van der Waals surface area contributed by atoms with Gasteiger partial charge in [0.15, 0.2) is 5.78 Å². The minimum atomic E-state index is -0.781. The SMILES string of the molecule is O=C(c1cccc(Cl)c1)c1cocc1CCCc1ccc(C(O)c2ccoc2)cc1Cl. The molecule has 4 rings (SSSR count). The van der Waals surface area contributed by atoms with Crippen molar-refractivity contribution in [1.29, 1.82) is 0 Å². The smallest absolute Gasteiger partial charge is 0.196 e. The number of hydrogen-bond donors (Lipinski definition) is 1. The monoisotopic (exact) mass is 454 g/mol. The summed E-state index contributed by atoms with van der Waals surface area (Å²) in [6.45, 7) is 0. The van der Waals surface area contributed by atoms with Gasteiger partial charge in [0.1, 0.15) is 12.4 Å². The Hall–Kier alpha value is -2.79. The Balaban J connectivity index is 1.40. The molecule has 158 valence electrons. The summed E-state index contributed by atoms with van der Waals surface area (Å²) in [7, 11) is 0. The van der Waals surface area contributed by atoms with E-state index in [-0.39, 0.29) is 5.78 Å². The van der Waals surface area contributed by atoms with E-state index < -0.39 is 6.10 Å². The van der Waals surface area contributed by atoms with Crippen LogP contribution in [0.1, 0.15) is 50.7 Å². The quantitative estimate of drug-likeness (QED) is 0.302. The first-order chi connectivity index (χ1) is 15.0. The van der Waals surface area contributed by atoms with Crippen molar-refractivity contribution in [3.8, 4) is 0 Å². The van der Waals surface area contributed by atoms with Crippen LogP contribution in [0.5, 0.6) is 0 Å². The lowest BCUT2D eigenvalue weighted by atomic mass is 9.97. The fraction of sp³-hybridized carbons (Fsp3) is 0.160. The van der Waals surface area contributed by atoms with E-state index in [1.807, 2.05) is 12.1 Å².